The molecule has 0 amide bonds. The fourth-order valence-corrected chi connectivity index (χ4v) is 2.02. The van der Waals surface area contributed by atoms with Crippen LogP contribution in [0.5, 0.6) is 0 Å². The Morgan fingerprint density at radius 2 is 1.53 bits per heavy atom. The molecule has 2 aromatic carbocycles. The molecule has 3 rings (SSSR count). The molecule has 0 fully saturated rings. The molecule has 0 bridgehead atoms. The van der Waals surface area contributed by atoms with Crippen LogP contribution < -0.4 is 5.11 Å². The van der Waals surface area contributed by atoms with Gasteiger partial charge in [-0.1, -0.05) is 66.5 Å². The lowest BCUT2D eigenvalue weighted by atomic mass is 10.0. The largest absolute Gasteiger partial charge is 0.872 e. The highest BCUT2D eigenvalue weighted by Gasteiger charge is 1.99. The molecular weight excluding hydrogens is 208 g/mol. The predicted molar refractivity (Wildman–Crippen MR) is 69.1 cm³/mol. The zero-order chi connectivity index (χ0) is 11.7. The highest BCUT2D eigenvalue weighted by Crippen LogP contribution is 2.22. The smallest absolute Gasteiger partial charge is 0.0178 e. The van der Waals surface area contributed by atoms with Crippen LogP contribution in [0.4, 0.5) is 0 Å². The molecule has 82 valence electrons. The summed E-state index contributed by atoms with van der Waals surface area (Å²) in [7, 11) is 0. The summed E-state index contributed by atoms with van der Waals surface area (Å²) in [4.78, 5) is 0. The van der Waals surface area contributed by atoms with E-state index in [1.165, 1.54) is 0 Å². The summed E-state index contributed by atoms with van der Waals surface area (Å²) < 4.78 is 0. The van der Waals surface area contributed by atoms with E-state index in [1.807, 2.05) is 66.8 Å². The van der Waals surface area contributed by atoms with E-state index in [-0.39, 0.29) is 5.76 Å². The lowest BCUT2D eigenvalue weighted by Crippen LogP contribution is -2.04. The summed E-state index contributed by atoms with van der Waals surface area (Å²) in [6, 6.07) is 13.9. The van der Waals surface area contributed by atoms with Crippen molar-refractivity contribution in [1.82, 2.24) is 0 Å². The van der Waals surface area contributed by atoms with E-state index in [2.05, 4.69) is 0 Å². The Morgan fingerprint density at radius 1 is 0.824 bits per heavy atom. The van der Waals surface area contributed by atoms with Gasteiger partial charge in [0.2, 0.25) is 0 Å². The van der Waals surface area contributed by atoms with Crippen LogP contribution in [0.3, 0.4) is 0 Å². The maximum Gasteiger partial charge on any atom is -0.0178 e. The number of allylic oxidation sites excluding steroid dienone is 5. The van der Waals surface area contributed by atoms with E-state index in [1.54, 1.807) is 0 Å². The van der Waals surface area contributed by atoms with Gasteiger partial charge < -0.3 is 5.11 Å². The SMILES string of the molecule is [O-]C(=C1C=CC=C1)c1ccc2ccccc2c1. The zero-order valence-corrected chi connectivity index (χ0v) is 9.26. The standard InChI is InChI=1S/C16H12O/c17-16(13-6-2-3-7-13)15-10-9-12-5-1-4-8-14(12)11-15/h1-11,17H/p-1. The summed E-state index contributed by atoms with van der Waals surface area (Å²) >= 11 is 0. The van der Waals surface area contributed by atoms with Gasteiger partial charge in [-0.05, 0) is 28.0 Å². The molecule has 0 N–H and O–H groups in total. The second-order valence-electron chi connectivity index (χ2n) is 4.06. The van der Waals surface area contributed by atoms with E-state index in [0.29, 0.717) is 0 Å². The Bertz CT molecular complexity index is 646. The van der Waals surface area contributed by atoms with Crippen LogP contribution in [0.25, 0.3) is 16.5 Å². The van der Waals surface area contributed by atoms with Crippen molar-refractivity contribution in [2.24, 2.45) is 0 Å². The molecule has 1 aliphatic rings. The molecule has 0 aromatic heterocycles. The average molecular weight is 219 g/mol. The topological polar surface area (TPSA) is 23.1 Å². The van der Waals surface area contributed by atoms with Crippen LogP contribution in [0, 0.1) is 0 Å². The Kier molecular flexibility index (Phi) is 2.30. The Hall–Kier alpha value is -2.28. The number of hydrogen-bond donors (Lipinski definition) is 0. The summed E-state index contributed by atoms with van der Waals surface area (Å²) in [6.07, 6.45) is 7.46. The van der Waals surface area contributed by atoms with Crippen molar-refractivity contribution in [3.8, 4) is 0 Å². The third kappa shape index (κ3) is 1.76. The molecule has 0 atom stereocenters. The molecule has 0 aliphatic heterocycles. The van der Waals surface area contributed by atoms with Crippen molar-refractivity contribution in [3.63, 3.8) is 0 Å². The van der Waals surface area contributed by atoms with E-state index in [9.17, 15) is 5.11 Å². The van der Waals surface area contributed by atoms with Gasteiger partial charge in [0.05, 0.1) is 0 Å². The first-order chi connectivity index (χ1) is 8.34. The highest BCUT2D eigenvalue weighted by atomic mass is 16.3. The number of fused-ring (bicyclic) bond motifs is 1. The summed E-state index contributed by atoms with van der Waals surface area (Å²) in [6.45, 7) is 0. The van der Waals surface area contributed by atoms with Gasteiger partial charge in [-0.15, -0.1) is 0 Å². The van der Waals surface area contributed by atoms with Crippen molar-refractivity contribution >= 4 is 16.5 Å². The van der Waals surface area contributed by atoms with E-state index < -0.39 is 0 Å². The van der Waals surface area contributed by atoms with Crippen LogP contribution in [0.15, 0.2) is 72.3 Å². The second kappa shape index (κ2) is 3.95. The number of benzene rings is 2. The normalized spacial score (nSPS) is 13.5. The first-order valence-corrected chi connectivity index (χ1v) is 5.60. The maximum atomic E-state index is 12.2. The molecule has 0 heterocycles. The Labute approximate surface area is 100 Å². The molecule has 1 aliphatic carbocycles. The van der Waals surface area contributed by atoms with Gasteiger partial charge in [-0.3, -0.25) is 0 Å². The summed E-state index contributed by atoms with van der Waals surface area (Å²) in [5.74, 6) is 0.0840. The van der Waals surface area contributed by atoms with Crippen LogP contribution in [0.1, 0.15) is 5.56 Å². The molecular formula is C16H11O-. The number of rotatable bonds is 1. The van der Waals surface area contributed by atoms with E-state index >= 15 is 0 Å². The van der Waals surface area contributed by atoms with Gasteiger partial charge in [-0.25, -0.2) is 0 Å². The lowest BCUT2D eigenvalue weighted by molar-refractivity contribution is -0.244. The Morgan fingerprint density at radius 3 is 2.29 bits per heavy atom. The van der Waals surface area contributed by atoms with E-state index in [0.717, 1.165) is 21.9 Å². The first-order valence-electron chi connectivity index (χ1n) is 5.60. The fraction of sp³-hybridized carbons (Fsp3) is 0. The molecule has 2 aromatic rings. The highest BCUT2D eigenvalue weighted by molar-refractivity contribution is 5.86. The quantitative estimate of drug-likeness (QED) is 0.676. The van der Waals surface area contributed by atoms with Crippen molar-refractivity contribution in [1.29, 1.82) is 0 Å². The Balaban J connectivity index is 2.15. The van der Waals surface area contributed by atoms with Crippen molar-refractivity contribution in [3.05, 3.63) is 77.9 Å². The molecule has 0 spiro atoms. The zero-order valence-electron chi connectivity index (χ0n) is 9.26. The van der Waals surface area contributed by atoms with Gasteiger partial charge in [-0.2, -0.15) is 0 Å². The number of hydrogen-bond acceptors (Lipinski definition) is 1. The van der Waals surface area contributed by atoms with Gasteiger partial charge in [0.25, 0.3) is 0 Å². The maximum absolute atomic E-state index is 12.2. The monoisotopic (exact) mass is 219 g/mol. The van der Waals surface area contributed by atoms with Crippen molar-refractivity contribution < 1.29 is 5.11 Å². The van der Waals surface area contributed by atoms with Gasteiger partial charge in [0.15, 0.2) is 0 Å². The second-order valence-corrected chi connectivity index (χ2v) is 4.06. The van der Waals surface area contributed by atoms with Gasteiger partial charge in [0.1, 0.15) is 0 Å². The first kappa shape index (κ1) is 9.91. The molecule has 0 unspecified atom stereocenters. The molecule has 0 radical (unpaired) electrons. The van der Waals surface area contributed by atoms with Crippen LogP contribution in [0.2, 0.25) is 0 Å². The fourth-order valence-electron chi connectivity index (χ4n) is 2.02. The third-order valence-corrected chi connectivity index (χ3v) is 2.94. The third-order valence-electron chi connectivity index (χ3n) is 2.94. The molecule has 0 saturated heterocycles. The van der Waals surface area contributed by atoms with Gasteiger partial charge in [0, 0.05) is 0 Å². The molecule has 0 saturated carbocycles. The van der Waals surface area contributed by atoms with Gasteiger partial charge >= 0.3 is 0 Å². The molecule has 1 heteroatoms. The lowest BCUT2D eigenvalue weighted by Gasteiger charge is -2.15. The molecule has 17 heavy (non-hydrogen) atoms. The van der Waals surface area contributed by atoms with Crippen LogP contribution in [-0.4, -0.2) is 0 Å². The minimum absolute atomic E-state index is 0.0840. The average Bonchev–Trinajstić information content (AvgIpc) is 2.91. The summed E-state index contributed by atoms with van der Waals surface area (Å²) in [5.41, 5.74) is 1.50. The van der Waals surface area contributed by atoms with E-state index in [4.69, 9.17) is 0 Å². The summed E-state index contributed by atoms with van der Waals surface area (Å²) in [5, 5.41) is 14.4. The van der Waals surface area contributed by atoms with Crippen LogP contribution >= 0.6 is 0 Å². The minimum Gasteiger partial charge on any atom is -0.872 e. The van der Waals surface area contributed by atoms with Crippen molar-refractivity contribution in [2.75, 3.05) is 0 Å². The minimum atomic E-state index is 0.0840. The molecule has 1 nitrogen and oxygen atoms in total. The van der Waals surface area contributed by atoms with Crippen molar-refractivity contribution in [2.45, 2.75) is 0 Å². The predicted octanol–water partition coefficient (Wildman–Crippen LogP) is 3.04. The van der Waals surface area contributed by atoms with Crippen LogP contribution in [-0.2, 0) is 0 Å².